The second-order valence-corrected chi connectivity index (χ2v) is 6.10. The molecule has 1 aromatic rings. The highest BCUT2D eigenvalue weighted by Gasteiger charge is 2.43. The van der Waals surface area contributed by atoms with Crippen molar-refractivity contribution < 1.29 is 24.2 Å². The molecule has 1 saturated heterocycles. The molecule has 1 atom stereocenters. The van der Waals surface area contributed by atoms with Crippen LogP contribution in [0.4, 0.5) is 0 Å². The Balaban J connectivity index is 1.65. The number of carboxylic acids is 1. The summed E-state index contributed by atoms with van der Waals surface area (Å²) < 4.78 is 10.5. The Kier molecular flexibility index (Phi) is 4.52. The fourth-order valence-corrected chi connectivity index (χ4v) is 3.19. The van der Waals surface area contributed by atoms with Crippen molar-refractivity contribution in [3.8, 4) is 5.75 Å². The molecule has 6 nitrogen and oxygen atoms in total. The van der Waals surface area contributed by atoms with Gasteiger partial charge in [-0.05, 0) is 42.7 Å². The van der Waals surface area contributed by atoms with Gasteiger partial charge < -0.3 is 19.4 Å². The summed E-state index contributed by atoms with van der Waals surface area (Å²) in [6.45, 7) is 0.983. The maximum Gasteiger partial charge on any atom is 0.309 e. The van der Waals surface area contributed by atoms with Gasteiger partial charge in [0.05, 0.1) is 18.2 Å². The first-order valence-corrected chi connectivity index (χ1v) is 7.81. The van der Waals surface area contributed by atoms with Crippen molar-refractivity contribution in [1.29, 1.82) is 0 Å². The second kappa shape index (κ2) is 6.58. The van der Waals surface area contributed by atoms with Gasteiger partial charge in [-0.2, -0.15) is 0 Å². The van der Waals surface area contributed by atoms with E-state index >= 15 is 0 Å². The molecule has 0 radical (unpaired) electrons. The van der Waals surface area contributed by atoms with E-state index in [1.807, 2.05) is 24.3 Å². The first kappa shape index (κ1) is 15.8. The van der Waals surface area contributed by atoms with Gasteiger partial charge in [-0.3, -0.25) is 4.79 Å². The Morgan fingerprint density at radius 2 is 2.04 bits per heavy atom. The molecule has 2 heterocycles. The van der Waals surface area contributed by atoms with Crippen LogP contribution in [0.3, 0.4) is 0 Å². The first-order chi connectivity index (χ1) is 11.1. The molecule has 124 valence electrons. The number of oxime groups is 1. The summed E-state index contributed by atoms with van der Waals surface area (Å²) in [5.41, 5.74) is 1.07. The van der Waals surface area contributed by atoms with E-state index in [2.05, 4.69) is 5.16 Å². The van der Waals surface area contributed by atoms with Crippen molar-refractivity contribution in [3.05, 3.63) is 29.8 Å². The number of hydrogen-bond acceptors (Lipinski definition) is 5. The number of aliphatic carboxylic acids is 1. The minimum Gasteiger partial charge on any atom is -0.497 e. The number of nitrogens with zero attached hydrogens (tertiary/aromatic N) is 1. The van der Waals surface area contributed by atoms with Crippen molar-refractivity contribution in [1.82, 2.24) is 0 Å². The van der Waals surface area contributed by atoms with Crippen LogP contribution in [0.1, 0.15) is 31.2 Å². The number of rotatable bonds is 5. The summed E-state index contributed by atoms with van der Waals surface area (Å²) in [6.07, 6.45) is 1.96. The van der Waals surface area contributed by atoms with E-state index in [9.17, 15) is 9.90 Å². The van der Waals surface area contributed by atoms with Gasteiger partial charge in [0, 0.05) is 26.1 Å². The van der Waals surface area contributed by atoms with Crippen LogP contribution in [-0.2, 0) is 14.4 Å². The van der Waals surface area contributed by atoms with Gasteiger partial charge in [-0.1, -0.05) is 5.16 Å². The minimum absolute atomic E-state index is 0.193. The molecule has 1 unspecified atom stereocenters. The maximum atomic E-state index is 11.7. The Hall–Kier alpha value is -2.08. The third-order valence-corrected chi connectivity index (χ3v) is 4.68. The molecule has 0 amide bonds. The summed E-state index contributed by atoms with van der Waals surface area (Å²) in [5.74, 6) is 0.0270. The lowest BCUT2D eigenvalue weighted by molar-refractivity contribution is -0.158. The molecule has 0 bridgehead atoms. The summed E-state index contributed by atoms with van der Waals surface area (Å²) in [4.78, 5) is 17.2. The van der Waals surface area contributed by atoms with Gasteiger partial charge in [0.15, 0.2) is 0 Å². The van der Waals surface area contributed by atoms with Crippen LogP contribution < -0.4 is 4.74 Å². The van der Waals surface area contributed by atoms with Crippen molar-refractivity contribution in [2.45, 2.75) is 31.8 Å². The molecule has 2 aliphatic heterocycles. The molecule has 0 spiro atoms. The zero-order valence-electron chi connectivity index (χ0n) is 13.2. The maximum absolute atomic E-state index is 11.7. The van der Waals surface area contributed by atoms with Crippen molar-refractivity contribution in [2.24, 2.45) is 10.6 Å². The summed E-state index contributed by atoms with van der Waals surface area (Å²) in [7, 11) is 1.63. The average Bonchev–Trinajstić information content (AvgIpc) is 3.04. The van der Waals surface area contributed by atoms with Crippen LogP contribution in [0, 0.1) is 5.41 Å². The van der Waals surface area contributed by atoms with E-state index in [1.165, 1.54) is 0 Å². The van der Waals surface area contributed by atoms with E-state index in [0.717, 1.165) is 17.0 Å². The number of hydrogen-bond donors (Lipinski definition) is 1. The minimum atomic E-state index is -0.762. The standard InChI is InChI=1S/C17H21NO5/c1-21-13-4-2-12(3-5-13)15-10-14(23-18-15)11-17(16(19)20)6-8-22-9-7-17/h2-5,14H,6-11H2,1H3,(H,19,20). The van der Waals surface area contributed by atoms with Gasteiger partial charge in [-0.15, -0.1) is 0 Å². The molecule has 1 fully saturated rings. The molecule has 3 rings (SSSR count). The third kappa shape index (κ3) is 3.32. The fraction of sp³-hybridized carbons (Fsp3) is 0.529. The lowest BCUT2D eigenvalue weighted by Crippen LogP contribution is -2.40. The average molecular weight is 319 g/mol. The molecular formula is C17H21NO5. The van der Waals surface area contributed by atoms with Gasteiger partial charge >= 0.3 is 5.97 Å². The predicted molar refractivity (Wildman–Crippen MR) is 83.8 cm³/mol. The van der Waals surface area contributed by atoms with E-state index in [-0.39, 0.29) is 6.10 Å². The molecule has 6 heteroatoms. The van der Waals surface area contributed by atoms with E-state index in [1.54, 1.807) is 7.11 Å². The number of ether oxygens (including phenoxy) is 2. The monoisotopic (exact) mass is 319 g/mol. The predicted octanol–water partition coefficient (Wildman–Crippen LogP) is 2.46. The lowest BCUT2D eigenvalue weighted by atomic mass is 9.75. The summed E-state index contributed by atoms with van der Waals surface area (Å²) in [5, 5.41) is 13.8. The number of carbonyl (C=O) groups is 1. The molecule has 1 aromatic carbocycles. The Bertz CT molecular complexity index is 590. The van der Waals surface area contributed by atoms with Crippen LogP contribution >= 0.6 is 0 Å². The van der Waals surface area contributed by atoms with E-state index in [4.69, 9.17) is 14.3 Å². The van der Waals surface area contributed by atoms with Crippen molar-refractivity contribution in [3.63, 3.8) is 0 Å². The smallest absolute Gasteiger partial charge is 0.309 e. The first-order valence-electron chi connectivity index (χ1n) is 7.81. The lowest BCUT2D eigenvalue weighted by Gasteiger charge is -2.34. The Morgan fingerprint density at radius 1 is 1.35 bits per heavy atom. The van der Waals surface area contributed by atoms with E-state index < -0.39 is 11.4 Å². The van der Waals surface area contributed by atoms with Crippen LogP contribution in [0.25, 0.3) is 0 Å². The van der Waals surface area contributed by atoms with Crippen molar-refractivity contribution >= 4 is 11.7 Å². The normalized spacial score (nSPS) is 23.0. The largest absolute Gasteiger partial charge is 0.497 e. The number of benzene rings is 1. The van der Waals surface area contributed by atoms with Crippen molar-refractivity contribution in [2.75, 3.05) is 20.3 Å². The topological polar surface area (TPSA) is 77.4 Å². The highest BCUT2D eigenvalue weighted by Crippen LogP contribution is 2.38. The molecule has 0 saturated carbocycles. The van der Waals surface area contributed by atoms with Crippen LogP contribution in [0.5, 0.6) is 5.75 Å². The summed E-state index contributed by atoms with van der Waals surface area (Å²) in [6, 6.07) is 7.63. The molecule has 0 aromatic heterocycles. The van der Waals surface area contributed by atoms with Crippen LogP contribution in [-0.4, -0.2) is 43.2 Å². The van der Waals surface area contributed by atoms with Crippen LogP contribution in [0.2, 0.25) is 0 Å². The van der Waals surface area contributed by atoms with Gasteiger partial charge in [0.25, 0.3) is 0 Å². The fourth-order valence-electron chi connectivity index (χ4n) is 3.19. The SMILES string of the molecule is COc1ccc(C2=NOC(CC3(C(=O)O)CCOCC3)C2)cc1. The number of methoxy groups -OCH3 is 1. The van der Waals surface area contributed by atoms with Gasteiger partial charge in [-0.25, -0.2) is 0 Å². The Labute approximate surface area is 135 Å². The summed E-state index contributed by atoms with van der Waals surface area (Å²) >= 11 is 0. The third-order valence-electron chi connectivity index (χ3n) is 4.68. The molecule has 0 aliphatic carbocycles. The number of carboxylic acid groups (broad SMARTS) is 1. The molecule has 2 aliphatic rings. The second-order valence-electron chi connectivity index (χ2n) is 6.10. The molecular weight excluding hydrogens is 298 g/mol. The Morgan fingerprint density at radius 3 is 2.65 bits per heavy atom. The van der Waals surface area contributed by atoms with E-state index in [0.29, 0.717) is 38.9 Å². The quantitative estimate of drug-likeness (QED) is 0.902. The molecule has 1 N–H and O–H groups in total. The van der Waals surface area contributed by atoms with Crippen LogP contribution in [0.15, 0.2) is 29.4 Å². The molecule has 23 heavy (non-hydrogen) atoms. The zero-order chi connectivity index (χ0) is 16.3. The van der Waals surface area contributed by atoms with Gasteiger partial charge in [0.2, 0.25) is 0 Å². The highest BCUT2D eigenvalue weighted by molar-refractivity contribution is 6.01. The zero-order valence-corrected chi connectivity index (χ0v) is 13.2. The van der Waals surface area contributed by atoms with Gasteiger partial charge in [0.1, 0.15) is 11.9 Å². The highest BCUT2D eigenvalue weighted by atomic mass is 16.6.